The molecule has 0 radical (unpaired) electrons. The summed E-state index contributed by atoms with van der Waals surface area (Å²) in [5, 5.41) is 6.93. The molecule has 0 bridgehead atoms. The van der Waals surface area contributed by atoms with Crippen LogP contribution >= 0.6 is 27.3 Å². The van der Waals surface area contributed by atoms with Gasteiger partial charge in [-0.1, -0.05) is 35.0 Å². The van der Waals surface area contributed by atoms with E-state index < -0.39 is 0 Å². The number of nitrogens with zero attached hydrogens (tertiary/aromatic N) is 1. The van der Waals surface area contributed by atoms with Crippen molar-refractivity contribution >= 4 is 27.3 Å². The second kappa shape index (κ2) is 6.64. The molecule has 1 N–H and O–H groups in total. The van der Waals surface area contributed by atoms with Crippen molar-refractivity contribution in [2.24, 2.45) is 0 Å². The van der Waals surface area contributed by atoms with Gasteiger partial charge in [0, 0.05) is 21.9 Å². The Kier molecular flexibility index (Phi) is 5.13. The predicted octanol–water partition coefficient (Wildman–Crippen LogP) is 5.02. The van der Waals surface area contributed by atoms with Crippen LogP contribution < -0.4 is 5.32 Å². The van der Waals surface area contributed by atoms with E-state index in [4.69, 9.17) is 0 Å². The molecular weight excluding hydrogens is 320 g/mol. The van der Waals surface area contributed by atoms with Crippen LogP contribution in [0.1, 0.15) is 48.6 Å². The van der Waals surface area contributed by atoms with Crippen LogP contribution in [0, 0.1) is 6.92 Å². The zero-order valence-corrected chi connectivity index (χ0v) is 13.9. The Bertz CT molecular complexity index is 521. The molecule has 102 valence electrons. The average Bonchev–Trinajstić information content (AvgIpc) is 2.84. The van der Waals surface area contributed by atoms with Crippen molar-refractivity contribution in [3.05, 3.63) is 50.4 Å². The first kappa shape index (κ1) is 14.7. The Morgan fingerprint density at radius 1 is 1.32 bits per heavy atom. The van der Waals surface area contributed by atoms with E-state index in [0.717, 1.165) is 21.6 Å². The summed E-state index contributed by atoms with van der Waals surface area (Å²) in [5.41, 5.74) is 2.46. The minimum absolute atomic E-state index is 0.276. The van der Waals surface area contributed by atoms with Gasteiger partial charge < -0.3 is 5.32 Å². The number of aromatic nitrogens is 1. The maximum absolute atomic E-state index is 4.55. The van der Waals surface area contributed by atoms with Crippen molar-refractivity contribution in [1.29, 1.82) is 0 Å². The van der Waals surface area contributed by atoms with E-state index in [1.165, 1.54) is 5.56 Å². The molecule has 0 amide bonds. The maximum Gasteiger partial charge on any atom is 0.0898 e. The quantitative estimate of drug-likeness (QED) is 0.828. The summed E-state index contributed by atoms with van der Waals surface area (Å²) >= 11 is 5.19. The third-order valence-electron chi connectivity index (χ3n) is 3.21. The van der Waals surface area contributed by atoms with E-state index in [-0.39, 0.29) is 6.04 Å². The van der Waals surface area contributed by atoms with E-state index in [1.807, 2.05) is 6.92 Å². The van der Waals surface area contributed by atoms with E-state index in [1.54, 1.807) is 11.3 Å². The Morgan fingerprint density at radius 2 is 2.00 bits per heavy atom. The second-order valence-corrected chi connectivity index (χ2v) is 6.67. The highest BCUT2D eigenvalue weighted by Gasteiger charge is 2.15. The van der Waals surface area contributed by atoms with Crippen LogP contribution in [0.5, 0.6) is 0 Å². The van der Waals surface area contributed by atoms with Gasteiger partial charge in [-0.05, 0) is 38.0 Å². The highest BCUT2D eigenvalue weighted by molar-refractivity contribution is 9.10. The van der Waals surface area contributed by atoms with Gasteiger partial charge in [0.15, 0.2) is 0 Å². The molecule has 4 heteroatoms. The molecule has 0 saturated carbocycles. The van der Waals surface area contributed by atoms with Crippen molar-refractivity contribution < 1.29 is 0 Å². The molecule has 0 aliphatic heterocycles. The molecule has 2 unspecified atom stereocenters. The number of aryl methyl sites for hydroxylation is 1. The van der Waals surface area contributed by atoms with Crippen molar-refractivity contribution in [3.63, 3.8) is 0 Å². The highest BCUT2D eigenvalue weighted by Crippen LogP contribution is 2.24. The SMILES string of the molecule is CCC(NC(C)c1csc(C)n1)c1ccc(Br)cc1. The van der Waals surface area contributed by atoms with Gasteiger partial charge in [0.25, 0.3) is 0 Å². The molecule has 2 aromatic rings. The van der Waals surface area contributed by atoms with Gasteiger partial charge in [0.1, 0.15) is 0 Å². The van der Waals surface area contributed by atoms with Crippen LogP contribution in [0.3, 0.4) is 0 Å². The lowest BCUT2D eigenvalue weighted by atomic mass is 10.0. The van der Waals surface area contributed by atoms with Gasteiger partial charge >= 0.3 is 0 Å². The summed E-state index contributed by atoms with van der Waals surface area (Å²) in [6.45, 7) is 6.43. The fraction of sp³-hybridized carbons (Fsp3) is 0.400. The predicted molar refractivity (Wildman–Crippen MR) is 85.6 cm³/mol. The second-order valence-electron chi connectivity index (χ2n) is 4.69. The molecule has 1 aromatic carbocycles. The third-order valence-corrected chi connectivity index (χ3v) is 4.53. The molecule has 0 spiro atoms. The topological polar surface area (TPSA) is 24.9 Å². The number of hydrogen-bond donors (Lipinski definition) is 1. The van der Waals surface area contributed by atoms with Crippen LogP contribution in [0.4, 0.5) is 0 Å². The van der Waals surface area contributed by atoms with Gasteiger partial charge in [-0.15, -0.1) is 11.3 Å². The lowest BCUT2D eigenvalue weighted by molar-refractivity contribution is 0.451. The van der Waals surface area contributed by atoms with E-state index >= 15 is 0 Å². The Balaban J connectivity index is 2.08. The summed E-state index contributed by atoms with van der Waals surface area (Å²) in [7, 11) is 0. The van der Waals surface area contributed by atoms with E-state index in [0.29, 0.717) is 6.04 Å². The van der Waals surface area contributed by atoms with Crippen LogP contribution in [-0.4, -0.2) is 4.98 Å². The van der Waals surface area contributed by atoms with Crippen molar-refractivity contribution in [1.82, 2.24) is 10.3 Å². The van der Waals surface area contributed by atoms with Crippen LogP contribution in [0.15, 0.2) is 34.1 Å². The van der Waals surface area contributed by atoms with Crippen molar-refractivity contribution in [2.75, 3.05) is 0 Å². The Hall–Kier alpha value is -0.710. The summed E-state index contributed by atoms with van der Waals surface area (Å²) in [6, 6.07) is 9.17. The minimum atomic E-state index is 0.276. The third kappa shape index (κ3) is 3.88. The number of hydrogen-bond acceptors (Lipinski definition) is 3. The smallest absolute Gasteiger partial charge is 0.0898 e. The Morgan fingerprint density at radius 3 is 2.53 bits per heavy atom. The van der Waals surface area contributed by atoms with Crippen LogP contribution in [-0.2, 0) is 0 Å². The molecular formula is C15H19BrN2S. The standard InChI is InChI=1S/C15H19BrN2S/c1-4-14(12-5-7-13(16)8-6-12)17-10(2)15-9-19-11(3)18-15/h5-10,14,17H,4H2,1-3H3. The monoisotopic (exact) mass is 338 g/mol. The minimum Gasteiger partial charge on any atom is -0.302 e. The summed E-state index contributed by atoms with van der Waals surface area (Å²) in [5.74, 6) is 0. The molecule has 0 aliphatic rings. The number of nitrogens with one attached hydrogen (secondary N) is 1. The average molecular weight is 339 g/mol. The lowest BCUT2D eigenvalue weighted by Gasteiger charge is -2.21. The van der Waals surface area contributed by atoms with Crippen LogP contribution in [0.25, 0.3) is 0 Å². The fourth-order valence-corrected chi connectivity index (χ4v) is 3.08. The molecule has 2 rings (SSSR count). The first-order valence-electron chi connectivity index (χ1n) is 6.53. The van der Waals surface area contributed by atoms with Gasteiger partial charge in [-0.3, -0.25) is 0 Å². The molecule has 2 atom stereocenters. The zero-order chi connectivity index (χ0) is 13.8. The largest absolute Gasteiger partial charge is 0.302 e. The summed E-state index contributed by atoms with van der Waals surface area (Å²) in [6.07, 6.45) is 1.06. The van der Waals surface area contributed by atoms with E-state index in [9.17, 15) is 0 Å². The first-order valence-corrected chi connectivity index (χ1v) is 8.21. The molecule has 1 aromatic heterocycles. The summed E-state index contributed by atoms with van der Waals surface area (Å²) < 4.78 is 1.12. The molecule has 1 heterocycles. The molecule has 0 saturated heterocycles. The van der Waals surface area contributed by atoms with Crippen molar-refractivity contribution in [3.8, 4) is 0 Å². The molecule has 2 nitrogen and oxygen atoms in total. The maximum atomic E-state index is 4.55. The number of thiazole rings is 1. The molecule has 0 fully saturated rings. The first-order chi connectivity index (χ1) is 9.10. The fourth-order valence-electron chi connectivity index (χ4n) is 2.11. The molecule has 19 heavy (non-hydrogen) atoms. The van der Waals surface area contributed by atoms with Crippen LogP contribution in [0.2, 0.25) is 0 Å². The zero-order valence-electron chi connectivity index (χ0n) is 11.5. The normalized spacial score (nSPS) is 14.3. The lowest BCUT2D eigenvalue weighted by Crippen LogP contribution is -2.24. The summed E-state index contributed by atoms with van der Waals surface area (Å²) in [4.78, 5) is 4.55. The van der Waals surface area contributed by atoms with E-state index in [2.05, 4.69) is 69.7 Å². The number of halogens is 1. The van der Waals surface area contributed by atoms with Gasteiger partial charge in [0.05, 0.1) is 10.7 Å². The molecule has 0 aliphatic carbocycles. The van der Waals surface area contributed by atoms with Crippen molar-refractivity contribution in [2.45, 2.75) is 39.3 Å². The number of rotatable bonds is 5. The van der Waals surface area contributed by atoms with Gasteiger partial charge in [0.2, 0.25) is 0 Å². The number of benzene rings is 1. The highest BCUT2D eigenvalue weighted by atomic mass is 79.9. The van der Waals surface area contributed by atoms with Gasteiger partial charge in [-0.2, -0.15) is 0 Å². The Labute approximate surface area is 127 Å². The van der Waals surface area contributed by atoms with Gasteiger partial charge in [-0.25, -0.2) is 4.98 Å².